The number of hydrogen-bond donors (Lipinski definition) is 0. The van der Waals surface area contributed by atoms with Gasteiger partial charge in [-0.3, -0.25) is 14.4 Å². The first-order valence-electron chi connectivity index (χ1n) is 11.0. The van der Waals surface area contributed by atoms with Crippen molar-refractivity contribution in [2.45, 2.75) is 26.4 Å². The number of ether oxygens (including phenoxy) is 2. The normalized spacial score (nSPS) is 14.0. The first kappa shape index (κ1) is 24.6. The lowest BCUT2D eigenvalue weighted by molar-refractivity contribution is -0.151. The number of carbonyl (C=O) groups excluding carboxylic acids is 3. The van der Waals surface area contributed by atoms with Crippen LogP contribution in [-0.2, 0) is 20.9 Å². The summed E-state index contributed by atoms with van der Waals surface area (Å²) in [5.74, 6) is -0.210. The maximum Gasteiger partial charge on any atom is 0.309 e. The standard InChI is InChI=1S/C25H29ClN2O5/c1-3-32-25(31)19-10-12-28(13-11-19)23(29)16-27(2)24(30)20-7-5-9-22(15-20)33-17-18-6-4-8-21(26)14-18/h4-9,14-15,19H,3,10-13,16-17H2,1-2H3. The summed E-state index contributed by atoms with van der Waals surface area (Å²) in [6, 6.07) is 14.3. The van der Waals surface area contributed by atoms with Gasteiger partial charge in [-0.05, 0) is 55.7 Å². The minimum Gasteiger partial charge on any atom is -0.489 e. The second kappa shape index (κ2) is 11.7. The van der Waals surface area contributed by atoms with E-state index in [9.17, 15) is 14.4 Å². The van der Waals surface area contributed by atoms with Crippen LogP contribution in [0.5, 0.6) is 5.75 Å². The number of piperidine rings is 1. The lowest BCUT2D eigenvalue weighted by Gasteiger charge is -2.32. The number of likely N-dealkylation sites (tertiary alicyclic amines) is 1. The topological polar surface area (TPSA) is 76.2 Å². The SMILES string of the molecule is CCOC(=O)C1CCN(C(=O)CN(C)C(=O)c2cccc(OCc3cccc(Cl)c3)c2)CC1. The largest absolute Gasteiger partial charge is 0.489 e. The van der Waals surface area contributed by atoms with Gasteiger partial charge in [0.15, 0.2) is 0 Å². The molecule has 0 unspecified atom stereocenters. The van der Waals surface area contributed by atoms with E-state index in [4.69, 9.17) is 21.1 Å². The number of halogens is 1. The summed E-state index contributed by atoms with van der Waals surface area (Å²) in [5, 5.41) is 0.636. The molecule has 0 radical (unpaired) electrons. The number of likely N-dealkylation sites (N-methyl/N-ethyl adjacent to an activating group) is 1. The summed E-state index contributed by atoms with van der Waals surface area (Å²) in [6.45, 7) is 3.40. The van der Waals surface area contributed by atoms with E-state index < -0.39 is 0 Å². The number of amides is 2. The lowest BCUT2D eigenvalue weighted by atomic mass is 9.97. The Morgan fingerprint density at radius 1 is 1.09 bits per heavy atom. The van der Waals surface area contributed by atoms with E-state index in [0.717, 1.165) is 5.56 Å². The Hall–Kier alpha value is -3.06. The fourth-order valence-corrected chi connectivity index (χ4v) is 3.94. The van der Waals surface area contributed by atoms with Crippen LogP contribution in [0.4, 0.5) is 0 Å². The van der Waals surface area contributed by atoms with Crippen molar-refractivity contribution in [2.24, 2.45) is 5.92 Å². The fraction of sp³-hybridized carbons (Fsp3) is 0.400. The molecule has 8 heteroatoms. The van der Waals surface area contributed by atoms with Crippen LogP contribution in [0.3, 0.4) is 0 Å². The molecule has 0 bridgehead atoms. The lowest BCUT2D eigenvalue weighted by Crippen LogP contribution is -2.45. The molecule has 0 atom stereocenters. The van der Waals surface area contributed by atoms with Gasteiger partial charge in [-0.2, -0.15) is 0 Å². The van der Waals surface area contributed by atoms with Crippen LogP contribution in [0.1, 0.15) is 35.7 Å². The Morgan fingerprint density at radius 2 is 1.82 bits per heavy atom. The number of benzene rings is 2. The Kier molecular flexibility index (Phi) is 8.72. The zero-order chi connectivity index (χ0) is 23.8. The average molecular weight is 473 g/mol. The van der Waals surface area contributed by atoms with Crippen LogP contribution in [0, 0.1) is 5.92 Å². The highest BCUT2D eigenvalue weighted by atomic mass is 35.5. The molecule has 0 spiro atoms. The molecule has 2 amide bonds. The molecule has 7 nitrogen and oxygen atoms in total. The third-order valence-corrected chi connectivity index (χ3v) is 5.80. The number of hydrogen-bond acceptors (Lipinski definition) is 5. The third-order valence-electron chi connectivity index (χ3n) is 5.56. The van der Waals surface area contributed by atoms with E-state index in [2.05, 4.69) is 0 Å². The van der Waals surface area contributed by atoms with E-state index >= 15 is 0 Å². The average Bonchev–Trinajstić information content (AvgIpc) is 2.82. The molecule has 0 saturated carbocycles. The van der Waals surface area contributed by atoms with Crippen LogP contribution in [-0.4, -0.2) is 60.9 Å². The molecule has 0 aromatic heterocycles. The van der Waals surface area contributed by atoms with Gasteiger partial charge in [0.1, 0.15) is 12.4 Å². The second-order valence-corrected chi connectivity index (χ2v) is 8.45. The fourth-order valence-electron chi connectivity index (χ4n) is 3.73. The maximum atomic E-state index is 12.9. The molecular formula is C25H29ClN2O5. The van der Waals surface area contributed by atoms with Crippen molar-refractivity contribution in [3.05, 3.63) is 64.7 Å². The van der Waals surface area contributed by atoms with Crippen LogP contribution in [0.25, 0.3) is 0 Å². The number of nitrogens with zero attached hydrogens (tertiary/aromatic N) is 2. The van der Waals surface area contributed by atoms with Crippen LogP contribution in [0.2, 0.25) is 5.02 Å². The van der Waals surface area contributed by atoms with Crippen molar-refractivity contribution in [3.63, 3.8) is 0 Å². The van der Waals surface area contributed by atoms with E-state index in [1.165, 1.54) is 4.90 Å². The second-order valence-electron chi connectivity index (χ2n) is 8.01. The maximum absolute atomic E-state index is 12.9. The molecule has 0 aliphatic carbocycles. The summed E-state index contributed by atoms with van der Waals surface area (Å²) in [6.07, 6.45) is 1.16. The van der Waals surface area contributed by atoms with Gasteiger partial charge in [0.25, 0.3) is 5.91 Å². The molecule has 176 valence electrons. The highest BCUT2D eigenvalue weighted by Gasteiger charge is 2.29. The van der Waals surface area contributed by atoms with Crippen molar-refractivity contribution >= 4 is 29.4 Å². The molecule has 2 aromatic carbocycles. The Balaban J connectivity index is 1.52. The first-order chi connectivity index (χ1) is 15.9. The van der Waals surface area contributed by atoms with Gasteiger partial charge in [0, 0.05) is 30.7 Å². The monoisotopic (exact) mass is 472 g/mol. The van der Waals surface area contributed by atoms with Gasteiger partial charge in [-0.15, -0.1) is 0 Å². The van der Waals surface area contributed by atoms with E-state index in [1.54, 1.807) is 49.2 Å². The van der Waals surface area contributed by atoms with Gasteiger partial charge in [-0.25, -0.2) is 0 Å². The number of carbonyl (C=O) groups is 3. The van der Waals surface area contributed by atoms with Crippen LogP contribution < -0.4 is 4.74 Å². The molecule has 1 fully saturated rings. The molecule has 1 aliphatic heterocycles. The third kappa shape index (κ3) is 6.96. The molecule has 33 heavy (non-hydrogen) atoms. The van der Waals surface area contributed by atoms with Gasteiger partial charge < -0.3 is 19.3 Å². The van der Waals surface area contributed by atoms with Crippen LogP contribution >= 0.6 is 11.6 Å². The van der Waals surface area contributed by atoms with Crippen molar-refractivity contribution in [2.75, 3.05) is 33.3 Å². The van der Waals surface area contributed by atoms with Crippen molar-refractivity contribution < 1.29 is 23.9 Å². The highest BCUT2D eigenvalue weighted by molar-refractivity contribution is 6.30. The van der Waals surface area contributed by atoms with E-state index in [1.807, 2.05) is 18.2 Å². The smallest absolute Gasteiger partial charge is 0.309 e. The van der Waals surface area contributed by atoms with Crippen molar-refractivity contribution in [1.29, 1.82) is 0 Å². The van der Waals surface area contributed by atoms with E-state index in [0.29, 0.717) is 55.5 Å². The molecule has 1 saturated heterocycles. The molecule has 3 rings (SSSR count). The molecule has 1 aliphatic rings. The summed E-state index contributed by atoms with van der Waals surface area (Å²) < 4.78 is 10.9. The number of rotatable bonds is 8. The summed E-state index contributed by atoms with van der Waals surface area (Å²) >= 11 is 6.00. The Labute approximate surface area is 199 Å². The van der Waals surface area contributed by atoms with E-state index in [-0.39, 0.29) is 30.2 Å². The zero-order valence-corrected chi connectivity index (χ0v) is 19.7. The minimum atomic E-state index is -0.266. The van der Waals surface area contributed by atoms with Crippen LogP contribution in [0.15, 0.2) is 48.5 Å². The van der Waals surface area contributed by atoms with Crippen molar-refractivity contribution in [3.8, 4) is 5.75 Å². The van der Waals surface area contributed by atoms with Gasteiger partial charge in [0.05, 0.1) is 19.1 Å². The first-order valence-corrected chi connectivity index (χ1v) is 11.4. The summed E-state index contributed by atoms with van der Waals surface area (Å²) in [7, 11) is 1.60. The molecular weight excluding hydrogens is 444 g/mol. The quantitative estimate of drug-likeness (QED) is 0.546. The number of esters is 1. The Morgan fingerprint density at radius 3 is 2.52 bits per heavy atom. The summed E-state index contributed by atoms with van der Waals surface area (Å²) in [5.41, 5.74) is 1.36. The summed E-state index contributed by atoms with van der Waals surface area (Å²) in [4.78, 5) is 40.5. The van der Waals surface area contributed by atoms with Gasteiger partial charge in [-0.1, -0.05) is 29.8 Å². The zero-order valence-electron chi connectivity index (χ0n) is 19.0. The molecule has 0 N–H and O–H groups in total. The minimum absolute atomic E-state index is 0.0312. The highest BCUT2D eigenvalue weighted by Crippen LogP contribution is 2.20. The Bertz CT molecular complexity index is 988. The molecule has 1 heterocycles. The van der Waals surface area contributed by atoms with Crippen molar-refractivity contribution in [1.82, 2.24) is 9.80 Å². The van der Waals surface area contributed by atoms with Gasteiger partial charge >= 0.3 is 5.97 Å². The predicted molar refractivity (Wildman–Crippen MR) is 125 cm³/mol. The predicted octanol–water partition coefficient (Wildman–Crippen LogP) is 3.79. The van der Waals surface area contributed by atoms with Gasteiger partial charge in [0.2, 0.25) is 5.91 Å². The molecule has 2 aromatic rings.